The summed E-state index contributed by atoms with van der Waals surface area (Å²) in [5, 5.41) is 17.7. The maximum atomic E-state index is 10.8. The van der Waals surface area contributed by atoms with Crippen molar-refractivity contribution in [3.05, 3.63) is 29.3 Å². The van der Waals surface area contributed by atoms with E-state index in [4.69, 9.17) is 14.9 Å². The van der Waals surface area contributed by atoms with E-state index in [9.17, 15) is 9.59 Å². The first kappa shape index (κ1) is 13.0. The van der Waals surface area contributed by atoms with Crippen molar-refractivity contribution in [2.75, 3.05) is 6.61 Å². The van der Waals surface area contributed by atoms with Crippen molar-refractivity contribution in [2.45, 2.75) is 19.8 Å². The van der Waals surface area contributed by atoms with Crippen LogP contribution in [0.15, 0.2) is 18.2 Å². The Morgan fingerprint density at radius 3 is 2.06 bits per heavy atom. The summed E-state index contributed by atoms with van der Waals surface area (Å²) >= 11 is 0. The van der Waals surface area contributed by atoms with E-state index in [1.165, 1.54) is 12.1 Å². The van der Waals surface area contributed by atoms with Crippen LogP contribution in [0.4, 0.5) is 0 Å². The molecule has 0 heterocycles. The number of rotatable bonds is 6. The third kappa shape index (κ3) is 3.79. The zero-order valence-corrected chi connectivity index (χ0v) is 9.47. The highest BCUT2D eigenvalue weighted by Gasteiger charge is 2.11. The number of aromatic carboxylic acids is 2. The predicted molar refractivity (Wildman–Crippen MR) is 60.8 cm³/mol. The van der Waals surface area contributed by atoms with E-state index in [0.717, 1.165) is 18.9 Å². The Morgan fingerprint density at radius 1 is 1.12 bits per heavy atom. The molecule has 0 atom stereocenters. The van der Waals surface area contributed by atoms with Crippen LogP contribution in [0.2, 0.25) is 0 Å². The highest BCUT2D eigenvalue weighted by atomic mass is 16.5. The third-order valence-corrected chi connectivity index (χ3v) is 2.17. The van der Waals surface area contributed by atoms with E-state index in [1.807, 2.05) is 6.92 Å². The van der Waals surface area contributed by atoms with Crippen LogP contribution >= 0.6 is 0 Å². The highest BCUT2D eigenvalue weighted by molar-refractivity contribution is 5.94. The molecule has 5 heteroatoms. The zero-order valence-electron chi connectivity index (χ0n) is 9.47. The van der Waals surface area contributed by atoms with Gasteiger partial charge < -0.3 is 14.9 Å². The lowest BCUT2D eigenvalue weighted by molar-refractivity contribution is 0.0696. The quantitative estimate of drug-likeness (QED) is 0.742. The van der Waals surface area contributed by atoms with E-state index in [2.05, 4.69) is 0 Å². The fourth-order valence-corrected chi connectivity index (χ4v) is 1.26. The second kappa shape index (κ2) is 5.89. The molecule has 0 aliphatic heterocycles. The van der Waals surface area contributed by atoms with Crippen molar-refractivity contribution in [3.8, 4) is 5.75 Å². The molecule has 0 aromatic heterocycles. The first-order valence-corrected chi connectivity index (χ1v) is 5.29. The molecule has 17 heavy (non-hydrogen) atoms. The number of carbonyl (C=O) groups is 2. The molecule has 0 fully saturated rings. The Balaban J connectivity index is 2.95. The van der Waals surface area contributed by atoms with Crippen molar-refractivity contribution >= 4 is 11.9 Å². The normalized spacial score (nSPS) is 9.94. The Bertz CT molecular complexity index is 393. The van der Waals surface area contributed by atoms with E-state index in [0.29, 0.717) is 6.61 Å². The average Bonchev–Trinajstić information content (AvgIpc) is 2.29. The van der Waals surface area contributed by atoms with E-state index >= 15 is 0 Å². The van der Waals surface area contributed by atoms with Gasteiger partial charge in [-0.3, -0.25) is 0 Å². The van der Waals surface area contributed by atoms with Gasteiger partial charge in [0.15, 0.2) is 0 Å². The number of hydrogen-bond donors (Lipinski definition) is 2. The molecule has 0 saturated heterocycles. The summed E-state index contributed by atoms with van der Waals surface area (Å²) in [7, 11) is 0. The van der Waals surface area contributed by atoms with Gasteiger partial charge in [0.1, 0.15) is 5.75 Å². The van der Waals surface area contributed by atoms with Gasteiger partial charge in [-0.2, -0.15) is 0 Å². The van der Waals surface area contributed by atoms with Crippen molar-refractivity contribution in [2.24, 2.45) is 0 Å². The number of unbranched alkanes of at least 4 members (excludes halogenated alkanes) is 1. The second-order valence-electron chi connectivity index (χ2n) is 3.56. The second-order valence-corrected chi connectivity index (χ2v) is 3.56. The molecule has 2 N–H and O–H groups in total. The molecular weight excluding hydrogens is 224 g/mol. The average molecular weight is 238 g/mol. The summed E-state index contributed by atoms with van der Waals surface area (Å²) in [6.45, 7) is 2.44. The van der Waals surface area contributed by atoms with Gasteiger partial charge >= 0.3 is 11.9 Å². The SMILES string of the molecule is CCCCOc1cc(C(=O)O)cc(C(=O)O)c1. The van der Waals surface area contributed by atoms with Crippen LogP contribution in [0.3, 0.4) is 0 Å². The van der Waals surface area contributed by atoms with Gasteiger partial charge in [-0.15, -0.1) is 0 Å². The summed E-state index contributed by atoms with van der Waals surface area (Å²) in [5.74, 6) is -2.07. The first-order chi connectivity index (χ1) is 8.04. The Labute approximate surface area is 98.6 Å². The smallest absolute Gasteiger partial charge is 0.335 e. The molecule has 1 aromatic rings. The number of ether oxygens (including phenoxy) is 1. The monoisotopic (exact) mass is 238 g/mol. The maximum absolute atomic E-state index is 10.8. The number of carboxylic acid groups (broad SMARTS) is 2. The Hall–Kier alpha value is -2.04. The van der Waals surface area contributed by atoms with Gasteiger partial charge in [0.25, 0.3) is 0 Å². The van der Waals surface area contributed by atoms with Gasteiger partial charge in [0.2, 0.25) is 0 Å². The van der Waals surface area contributed by atoms with Crippen molar-refractivity contribution in [3.63, 3.8) is 0 Å². The lowest BCUT2D eigenvalue weighted by Crippen LogP contribution is -2.05. The molecule has 1 aromatic carbocycles. The summed E-state index contributed by atoms with van der Waals surface area (Å²) in [6.07, 6.45) is 1.78. The van der Waals surface area contributed by atoms with E-state index < -0.39 is 11.9 Å². The Kier molecular flexibility index (Phi) is 4.51. The number of benzene rings is 1. The zero-order chi connectivity index (χ0) is 12.8. The summed E-state index contributed by atoms with van der Waals surface area (Å²) in [4.78, 5) is 21.6. The topological polar surface area (TPSA) is 83.8 Å². The minimum Gasteiger partial charge on any atom is -0.494 e. The predicted octanol–water partition coefficient (Wildman–Crippen LogP) is 2.26. The van der Waals surface area contributed by atoms with Gasteiger partial charge in [-0.05, 0) is 24.6 Å². The van der Waals surface area contributed by atoms with Crippen LogP contribution < -0.4 is 4.74 Å². The Morgan fingerprint density at radius 2 is 1.65 bits per heavy atom. The largest absolute Gasteiger partial charge is 0.494 e. The van der Waals surface area contributed by atoms with Gasteiger partial charge in [0, 0.05) is 0 Å². The van der Waals surface area contributed by atoms with Crippen LogP contribution in [-0.4, -0.2) is 28.8 Å². The van der Waals surface area contributed by atoms with Crippen LogP contribution in [0.1, 0.15) is 40.5 Å². The molecule has 0 amide bonds. The molecule has 0 bridgehead atoms. The van der Waals surface area contributed by atoms with Crippen LogP contribution in [0, 0.1) is 0 Å². The lowest BCUT2D eigenvalue weighted by atomic mass is 10.1. The molecule has 1 rings (SSSR count). The molecule has 0 saturated carbocycles. The molecule has 0 aliphatic rings. The minimum atomic E-state index is -1.17. The van der Waals surface area contributed by atoms with Crippen LogP contribution in [0.25, 0.3) is 0 Å². The molecule has 0 unspecified atom stereocenters. The highest BCUT2D eigenvalue weighted by Crippen LogP contribution is 2.18. The van der Waals surface area contributed by atoms with Crippen molar-refractivity contribution < 1.29 is 24.5 Å². The van der Waals surface area contributed by atoms with Gasteiger partial charge in [-0.25, -0.2) is 9.59 Å². The molecule has 5 nitrogen and oxygen atoms in total. The standard InChI is InChI=1S/C12H14O5/c1-2-3-4-17-10-6-8(11(13)14)5-9(7-10)12(15)16/h5-7H,2-4H2,1H3,(H,13,14)(H,15,16). The molecule has 0 aliphatic carbocycles. The van der Waals surface area contributed by atoms with Gasteiger partial charge in [-0.1, -0.05) is 13.3 Å². The van der Waals surface area contributed by atoms with Crippen molar-refractivity contribution in [1.82, 2.24) is 0 Å². The molecule has 92 valence electrons. The molecule has 0 spiro atoms. The van der Waals surface area contributed by atoms with Crippen molar-refractivity contribution in [1.29, 1.82) is 0 Å². The van der Waals surface area contributed by atoms with E-state index in [-0.39, 0.29) is 16.9 Å². The summed E-state index contributed by atoms with van der Waals surface area (Å²) < 4.78 is 5.30. The lowest BCUT2D eigenvalue weighted by Gasteiger charge is -2.07. The number of hydrogen-bond acceptors (Lipinski definition) is 3. The first-order valence-electron chi connectivity index (χ1n) is 5.29. The van der Waals surface area contributed by atoms with E-state index in [1.54, 1.807) is 0 Å². The fraction of sp³-hybridized carbons (Fsp3) is 0.333. The minimum absolute atomic E-state index is 0.0867. The maximum Gasteiger partial charge on any atom is 0.335 e. The molecular formula is C12H14O5. The third-order valence-electron chi connectivity index (χ3n) is 2.17. The van der Waals surface area contributed by atoms with Crippen LogP contribution in [0.5, 0.6) is 5.75 Å². The van der Waals surface area contributed by atoms with Crippen LogP contribution in [-0.2, 0) is 0 Å². The fourth-order valence-electron chi connectivity index (χ4n) is 1.26. The summed E-state index contributed by atoms with van der Waals surface area (Å²) in [5.41, 5.74) is -0.173. The van der Waals surface area contributed by atoms with Gasteiger partial charge in [0.05, 0.1) is 17.7 Å². The number of carboxylic acids is 2. The molecule has 0 radical (unpaired) electrons. The summed E-state index contributed by atoms with van der Waals surface area (Å²) in [6, 6.07) is 3.76.